The summed E-state index contributed by atoms with van der Waals surface area (Å²) in [5.74, 6) is -0.254. The third-order valence-corrected chi connectivity index (χ3v) is 2.28. The van der Waals surface area contributed by atoms with Crippen LogP contribution in [0.3, 0.4) is 0 Å². The molecule has 0 atom stereocenters. The standard InChI is InChI=1S/C7H9N2O3/c10-6-1-2-7(11)9(6)5-3-8(12)4-5/h5H,1-4H2/q-1. The maximum atomic E-state index is 11.1. The molecule has 0 spiro atoms. The van der Waals surface area contributed by atoms with Gasteiger partial charge in [-0.3, -0.25) is 14.5 Å². The normalized spacial score (nSPS) is 26.6. The molecule has 0 aromatic rings. The van der Waals surface area contributed by atoms with Gasteiger partial charge in [-0.15, -0.1) is 0 Å². The van der Waals surface area contributed by atoms with Crippen molar-refractivity contribution in [3.05, 3.63) is 5.21 Å². The van der Waals surface area contributed by atoms with E-state index in [2.05, 4.69) is 0 Å². The van der Waals surface area contributed by atoms with Gasteiger partial charge in [0, 0.05) is 25.9 Å². The zero-order valence-electron chi connectivity index (χ0n) is 6.52. The van der Waals surface area contributed by atoms with Gasteiger partial charge in [0.15, 0.2) is 0 Å². The maximum absolute atomic E-state index is 11.1. The fourth-order valence-corrected chi connectivity index (χ4v) is 1.58. The molecule has 66 valence electrons. The summed E-state index contributed by atoms with van der Waals surface area (Å²) < 4.78 is 0. The zero-order valence-corrected chi connectivity index (χ0v) is 6.52. The molecule has 0 aliphatic carbocycles. The first kappa shape index (κ1) is 7.70. The predicted octanol–water partition coefficient (Wildman–Crippen LogP) is -0.683. The molecule has 0 aromatic carbocycles. The largest absolute Gasteiger partial charge is 0.785 e. The quantitative estimate of drug-likeness (QED) is 0.488. The van der Waals surface area contributed by atoms with Crippen LogP contribution in [0.25, 0.3) is 0 Å². The number of amides is 2. The Bertz CT molecular complexity index is 219. The summed E-state index contributed by atoms with van der Waals surface area (Å²) in [7, 11) is 0. The number of hydrogen-bond acceptors (Lipinski definition) is 4. The Morgan fingerprint density at radius 2 is 1.67 bits per heavy atom. The summed E-state index contributed by atoms with van der Waals surface area (Å²) in [5, 5.41) is 11.4. The molecule has 5 heteroatoms. The maximum Gasteiger partial charge on any atom is 0.230 e. The van der Waals surface area contributed by atoms with Crippen molar-refractivity contribution in [2.45, 2.75) is 18.9 Å². The summed E-state index contributed by atoms with van der Waals surface area (Å²) in [6, 6.07) is -0.148. The molecule has 12 heavy (non-hydrogen) atoms. The van der Waals surface area contributed by atoms with Crippen LogP contribution in [0, 0.1) is 5.21 Å². The first-order valence-corrected chi connectivity index (χ1v) is 3.95. The molecule has 0 bridgehead atoms. The van der Waals surface area contributed by atoms with E-state index in [0.29, 0.717) is 12.8 Å². The van der Waals surface area contributed by atoms with E-state index in [1.54, 1.807) is 0 Å². The van der Waals surface area contributed by atoms with Gasteiger partial charge in [-0.25, -0.2) is 0 Å². The Balaban J connectivity index is 2.03. The molecule has 0 radical (unpaired) electrons. The molecule has 5 nitrogen and oxygen atoms in total. The van der Waals surface area contributed by atoms with Crippen molar-refractivity contribution in [2.75, 3.05) is 13.1 Å². The second-order valence-corrected chi connectivity index (χ2v) is 3.16. The molecule has 0 saturated carbocycles. The molecular formula is C7H9N2O3-. The van der Waals surface area contributed by atoms with E-state index in [-0.39, 0.29) is 30.9 Å². The van der Waals surface area contributed by atoms with Crippen molar-refractivity contribution >= 4 is 11.8 Å². The number of hydroxylamine groups is 2. The van der Waals surface area contributed by atoms with Gasteiger partial charge in [-0.05, 0) is 0 Å². The van der Waals surface area contributed by atoms with Gasteiger partial charge in [0.25, 0.3) is 0 Å². The molecule has 2 aliphatic rings. The van der Waals surface area contributed by atoms with Crippen LogP contribution in [-0.2, 0) is 9.59 Å². The van der Waals surface area contributed by atoms with Crippen molar-refractivity contribution in [2.24, 2.45) is 0 Å². The highest BCUT2D eigenvalue weighted by atomic mass is 16.5. The Labute approximate surface area is 69.5 Å². The van der Waals surface area contributed by atoms with Gasteiger partial charge in [0.05, 0.1) is 6.04 Å². The number of likely N-dealkylation sites (tertiary alicyclic amines) is 1. The minimum atomic E-state index is -0.148. The molecule has 2 aliphatic heterocycles. The lowest BCUT2D eigenvalue weighted by Crippen LogP contribution is -2.58. The summed E-state index contributed by atoms with van der Waals surface area (Å²) in [6.07, 6.45) is 0.627. The first-order chi connectivity index (χ1) is 5.68. The van der Waals surface area contributed by atoms with Crippen molar-refractivity contribution in [1.82, 2.24) is 9.96 Å². The van der Waals surface area contributed by atoms with E-state index >= 15 is 0 Å². The van der Waals surface area contributed by atoms with Crippen molar-refractivity contribution in [3.8, 4) is 0 Å². The number of hydrogen-bond donors (Lipinski definition) is 0. The Morgan fingerprint density at radius 3 is 2.08 bits per heavy atom. The minimum absolute atomic E-state index is 0.127. The summed E-state index contributed by atoms with van der Waals surface area (Å²) in [6.45, 7) is 0.578. The van der Waals surface area contributed by atoms with Crippen LogP contribution in [0.1, 0.15) is 12.8 Å². The van der Waals surface area contributed by atoms with Crippen LogP contribution in [0.5, 0.6) is 0 Å². The number of carbonyl (C=O) groups is 2. The van der Waals surface area contributed by atoms with Crippen LogP contribution in [0.15, 0.2) is 0 Å². The molecule has 0 unspecified atom stereocenters. The lowest BCUT2D eigenvalue weighted by atomic mass is 10.1. The van der Waals surface area contributed by atoms with Gasteiger partial charge in [0.1, 0.15) is 0 Å². The lowest BCUT2D eigenvalue weighted by molar-refractivity contribution is -0.144. The molecule has 2 saturated heterocycles. The summed E-state index contributed by atoms with van der Waals surface area (Å²) in [5.41, 5.74) is 0. The monoisotopic (exact) mass is 169 g/mol. The molecule has 2 amide bonds. The summed E-state index contributed by atoms with van der Waals surface area (Å²) >= 11 is 0. The molecule has 2 fully saturated rings. The topological polar surface area (TPSA) is 63.7 Å². The van der Waals surface area contributed by atoms with Gasteiger partial charge < -0.3 is 10.3 Å². The van der Waals surface area contributed by atoms with Crippen LogP contribution in [-0.4, -0.2) is 40.9 Å². The molecule has 0 N–H and O–H groups in total. The van der Waals surface area contributed by atoms with Crippen molar-refractivity contribution in [3.63, 3.8) is 0 Å². The fourth-order valence-electron chi connectivity index (χ4n) is 1.58. The minimum Gasteiger partial charge on any atom is -0.785 e. The van der Waals surface area contributed by atoms with E-state index in [1.807, 2.05) is 0 Å². The highest BCUT2D eigenvalue weighted by molar-refractivity contribution is 6.02. The average molecular weight is 169 g/mol. The Morgan fingerprint density at radius 1 is 1.17 bits per heavy atom. The molecule has 2 rings (SSSR count). The van der Waals surface area contributed by atoms with E-state index < -0.39 is 0 Å². The summed E-state index contributed by atoms with van der Waals surface area (Å²) in [4.78, 5) is 23.5. The lowest BCUT2D eigenvalue weighted by Gasteiger charge is -2.47. The van der Waals surface area contributed by atoms with E-state index in [9.17, 15) is 14.8 Å². The predicted molar refractivity (Wildman–Crippen MR) is 39.8 cm³/mol. The highest BCUT2D eigenvalue weighted by Gasteiger charge is 2.38. The molecular weight excluding hydrogens is 160 g/mol. The van der Waals surface area contributed by atoms with E-state index in [4.69, 9.17) is 0 Å². The molecule has 0 aromatic heterocycles. The number of rotatable bonds is 1. The SMILES string of the molecule is O=C1CCC(=O)N1C1CN([O-])C1. The van der Waals surface area contributed by atoms with Gasteiger partial charge in [-0.2, -0.15) is 0 Å². The number of carbonyl (C=O) groups excluding carboxylic acids is 2. The van der Waals surface area contributed by atoms with Crippen LogP contribution in [0.4, 0.5) is 0 Å². The highest BCUT2D eigenvalue weighted by Crippen LogP contribution is 2.21. The Kier molecular flexibility index (Phi) is 1.62. The molecule has 2 heterocycles. The van der Waals surface area contributed by atoms with E-state index in [1.165, 1.54) is 4.90 Å². The fraction of sp³-hybridized carbons (Fsp3) is 0.714. The average Bonchev–Trinajstić information content (AvgIpc) is 2.26. The van der Waals surface area contributed by atoms with Crippen LogP contribution in [0.2, 0.25) is 0 Å². The number of nitrogens with zero attached hydrogens (tertiary/aromatic N) is 2. The van der Waals surface area contributed by atoms with Crippen LogP contribution >= 0.6 is 0 Å². The number of imide groups is 1. The van der Waals surface area contributed by atoms with Gasteiger partial charge in [0.2, 0.25) is 11.8 Å². The van der Waals surface area contributed by atoms with Crippen LogP contribution < -0.4 is 0 Å². The smallest absolute Gasteiger partial charge is 0.230 e. The van der Waals surface area contributed by atoms with Crippen molar-refractivity contribution in [1.29, 1.82) is 0 Å². The van der Waals surface area contributed by atoms with E-state index in [0.717, 1.165) is 5.06 Å². The second kappa shape index (κ2) is 2.53. The second-order valence-electron chi connectivity index (χ2n) is 3.16. The van der Waals surface area contributed by atoms with Gasteiger partial charge >= 0.3 is 0 Å². The zero-order chi connectivity index (χ0) is 8.72. The van der Waals surface area contributed by atoms with Crippen molar-refractivity contribution < 1.29 is 9.59 Å². The van der Waals surface area contributed by atoms with Gasteiger partial charge in [-0.1, -0.05) is 0 Å². The third-order valence-electron chi connectivity index (χ3n) is 2.28. The first-order valence-electron chi connectivity index (χ1n) is 3.95. The Hall–Kier alpha value is -0.940. The third kappa shape index (κ3) is 1.02.